The van der Waals surface area contributed by atoms with Gasteiger partial charge in [0.15, 0.2) is 18.1 Å². The van der Waals surface area contributed by atoms with E-state index in [2.05, 4.69) is 35.1 Å². The van der Waals surface area contributed by atoms with Crippen LogP contribution in [-0.4, -0.2) is 26.2 Å². The molecule has 28 heavy (non-hydrogen) atoms. The molecule has 0 saturated heterocycles. The molecule has 0 unspecified atom stereocenters. The van der Waals surface area contributed by atoms with E-state index in [1.165, 1.54) is 13.2 Å². The molecule has 0 aromatic heterocycles. The largest absolute Gasteiger partial charge is 0.493 e. The van der Waals surface area contributed by atoms with Gasteiger partial charge in [-0.05, 0) is 41.5 Å². The van der Waals surface area contributed by atoms with Gasteiger partial charge in [0.2, 0.25) is 5.91 Å². The molecule has 2 aromatic rings. The molecule has 0 saturated carbocycles. The zero-order valence-corrected chi connectivity index (χ0v) is 17.7. The molecule has 146 valence electrons. The molecule has 2 rings (SSSR count). The first-order valence-electron chi connectivity index (χ1n) is 8.75. The van der Waals surface area contributed by atoms with Crippen LogP contribution in [0, 0.1) is 11.3 Å². The molecule has 0 fully saturated rings. The molecule has 6 heteroatoms. The minimum Gasteiger partial charge on any atom is -0.493 e. The van der Waals surface area contributed by atoms with Crippen LogP contribution in [0.5, 0.6) is 11.5 Å². The van der Waals surface area contributed by atoms with Crippen molar-refractivity contribution in [3.8, 4) is 17.6 Å². The molecule has 0 bridgehead atoms. The third kappa shape index (κ3) is 6.14. The molecule has 0 spiro atoms. The van der Waals surface area contributed by atoms with E-state index in [1.807, 2.05) is 30.3 Å². The first kappa shape index (κ1) is 21.5. The van der Waals surface area contributed by atoms with Crippen molar-refractivity contribution in [2.75, 3.05) is 20.3 Å². The van der Waals surface area contributed by atoms with E-state index in [4.69, 9.17) is 14.7 Å². The third-order valence-corrected chi connectivity index (χ3v) is 4.77. The molecule has 0 aliphatic carbocycles. The SMILES string of the molecule is COc1cc(/C=C/C(=O)NCC(C)(C)c2ccc(Br)cc2)ccc1OCC#N. The van der Waals surface area contributed by atoms with Gasteiger partial charge in [-0.1, -0.05) is 48.0 Å². The maximum absolute atomic E-state index is 12.2. The van der Waals surface area contributed by atoms with Crippen molar-refractivity contribution in [1.82, 2.24) is 5.32 Å². The Labute approximate surface area is 174 Å². The smallest absolute Gasteiger partial charge is 0.244 e. The van der Waals surface area contributed by atoms with Crippen LogP contribution < -0.4 is 14.8 Å². The zero-order valence-electron chi connectivity index (χ0n) is 16.2. The summed E-state index contributed by atoms with van der Waals surface area (Å²) in [4.78, 5) is 12.2. The fourth-order valence-electron chi connectivity index (χ4n) is 2.56. The molecular weight excluding hydrogens is 420 g/mol. The second-order valence-corrected chi connectivity index (χ2v) is 7.71. The van der Waals surface area contributed by atoms with Crippen LogP contribution in [0.3, 0.4) is 0 Å². The Hall–Kier alpha value is -2.78. The highest BCUT2D eigenvalue weighted by atomic mass is 79.9. The Morgan fingerprint density at radius 3 is 2.57 bits per heavy atom. The minimum absolute atomic E-state index is 0.0535. The molecule has 5 nitrogen and oxygen atoms in total. The van der Waals surface area contributed by atoms with Gasteiger partial charge in [-0.25, -0.2) is 0 Å². The number of hydrogen-bond donors (Lipinski definition) is 1. The van der Waals surface area contributed by atoms with Gasteiger partial charge in [-0.15, -0.1) is 0 Å². The van der Waals surface area contributed by atoms with Gasteiger partial charge in [0, 0.05) is 22.5 Å². The van der Waals surface area contributed by atoms with Gasteiger partial charge < -0.3 is 14.8 Å². The summed E-state index contributed by atoms with van der Waals surface area (Å²) in [5, 5.41) is 11.6. The Kier molecular flexibility index (Phi) is 7.65. The molecule has 0 radical (unpaired) electrons. The van der Waals surface area contributed by atoms with E-state index in [9.17, 15) is 4.79 Å². The first-order valence-corrected chi connectivity index (χ1v) is 9.55. The lowest BCUT2D eigenvalue weighted by Gasteiger charge is -2.25. The van der Waals surface area contributed by atoms with E-state index in [0.29, 0.717) is 18.0 Å². The predicted molar refractivity (Wildman–Crippen MR) is 113 cm³/mol. The Balaban J connectivity index is 1.97. The average Bonchev–Trinajstić information content (AvgIpc) is 2.69. The second kappa shape index (κ2) is 9.95. The van der Waals surface area contributed by atoms with Crippen molar-refractivity contribution in [1.29, 1.82) is 5.26 Å². The van der Waals surface area contributed by atoms with Crippen LogP contribution in [-0.2, 0) is 10.2 Å². The van der Waals surface area contributed by atoms with Crippen LogP contribution in [0.4, 0.5) is 0 Å². The van der Waals surface area contributed by atoms with Gasteiger partial charge in [-0.3, -0.25) is 4.79 Å². The van der Waals surface area contributed by atoms with Crippen molar-refractivity contribution in [2.45, 2.75) is 19.3 Å². The number of nitriles is 1. The molecule has 0 aliphatic rings. The number of nitrogens with zero attached hydrogens (tertiary/aromatic N) is 1. The van der Waals surface area contributed by atoms with Gasteiger partial charge >= 0.3 is 0 Å². The summed E-state index contributed by atoms with van der Waals surface area (Å²) in [6, 6.07) is 15.3. The molecule has 0 aliphatic heterocycles. The lowest BCUT2D eigenvalue weighted by Crippen LogP contribution is -2.35. The number of halogens is 1. The number of carbonyl (C=O) groups excluding carboxylic acids is 1. The fourth-order valence-corrected chi connectivity index (χ4v) is 2.82. The highest BCUT2D eigenvalue weighted by molar-refractivity contribution is 9.10. The first-order chi connectivity index (χ1) is 13.4. The van der Waals surface area contributed by atoms with Crippen molar-refractivity contribution in [3.05, 3.63) is 64.1 Å². The number of ether oxygens (including phenoxy) is 2. The number of nitrogens with one attached hydrogen (secondary N) is 1. The van der Waals surface area contributed by atoms with Gasteiger partial charge in [-0.2, -0.15) is 5.26 Å². The van der Waals surface area contributed by atoms with Crippen LogP contribution in [0.15, 0.2) is 53.0 Å². The summed E-state index contributed by atoms with van der Waals surface area (Å²) in [5.41, 5.74) is 1.76. The predicted octanol–water partition coefficient (Wildman–Crippen LogP) is 4.47. The van der Waals surface area contributed by atoms with E-state index in [-0.39, 0.29) is 17.9 Å². The summed E-state index contributed by atoms with van der Waals surface area (Å²) in [6.45, 7) is 4.64. The summed E-state index contributed by atoms with van der Waals surface area (Å²) < 4.78 is 11.6. The second-order valence-electron chi connectivity index (χ2n) is 6.80. The molecule has 1 amide bonds. The van der Waals surface area contributed by atoms with Gasteiger partial charge in [0.05, 0.1) is 7.11 Å². The molecule has 0 heterocycles. The monoisotopic (exact) mass is 442 g/mol. The highest BCUT2D eigenvalue weighted by Crippen LogP contribution is 2.28. The standard InChI is InChI=1S/C22H23BrN2O3/c1-22(2,17-6-8-18(23)9-7-17)15-25-21(26)11-5-16-4-10-19(28-13-12-24)20(14-16)27-3/h4-11,14H,13,15H2,1-3H3,(H,25,26)/b11-5+. The van der Waals surface area contributed by atoms with Crippen molar-refractivity contribution in [2.24, 2.45) is 0 Å². The Bertz CT molecular complexity index is 884. The van der Waals surface area contributed by atoms with Crippen LogP contribution >= 0.6 is 15.9 Å². The van der Waals surface area contributed by atoms with Crippen LogP contribution in [0.1, 0.15) is 25.0 Å². The average molecular weight is 443 g/mol. The Morgan fingerprint density at radius 1 is 1.21 bits per heavy atom. The molecular formula is C22H23BrN2O3. The maximum Gasteiger partial charge on any atom is 0.244 e. The van der Waals surface area contributed by atoms with Gasteiger partial charge in [0.25, 0.3) is 0 Å². The zero-order chi connectivity index (χ0) is 20.6. The lowest BCUT2D eigenvalue weighted by atomic mass is 9.84. The van der Waals surface area contributed by atoms with E-state index in [1.54, 1.807) is 24.3 Å². The summed E-state index contributed by atoms with van der Waals surface area (Å²) >= 11 is 3.43. The number of carbonyl (C=O) groups is 1. The quantitative estimate of drug-likeness (QED) is 0.612. The van der Waals surface area contributed by atoms with E-state index in [0.717, 1.165) is 15.6 Å². The number of methoxy groups -OCH3 is 1. The van der Waals surface area contributed by atoms with E-state index < -0.39 is 0 Å². The summed E-state index contributed by atoms with van der Waals surface area (Å²) in [7, 11) is 1.53. The fraction of sp³-hybridized carbons (Fsp3) is 0.273. The van der Waals surface area contributed by atoms with Crippen LogP contribution in [0.25, 0.3) is 6.08 Å². The van der Waals surface area contributed by atoms with Gasteiger partial charge in [0.1, 0.15) is 6.07 Å². The topological polar surface area (TPSA) is 71.3 Å². The van der Waals surface area contributed by atoms with Crippen molar-refractivity contribution in [3.63, 3.8) is 0 Å². The minimum atomic E-state index is -0.187. The number of rotatable bonds is 8. The van der Waals surface area contributed by atoms with Crippen molar-refractivity contribution >= 4 is 27.9 Å². The van der Waals surface area contributed by atoms with Crippen molar-refractivity contribution < 1.29 is 14.3 Å². The number of amides is 1. The molecule has 1 N–H and O–H groups in total. The maximum atomic E-state index is 12.2. The normalized spacial score (nSPS) is 11.1. The number of benzene rings is 2. The molecule has 0 atom stereocenters. The number of hydrogen-bond acceptors (Lipinski definition) is 4. The van der Waals surface area contributed by atoms with E-state index >= 15 is 0 Å². The highest BCUT2D eigenvalue weighted by Gasteiger charge is 2.20. The third-order valence-electron chi connectivity index (χ3n) is 4.24. The summed E-state index contributed by atoms with van der Waals surface area (Å²) in [5.74, 6) is 0.824. The lowest BCUT2D eigenvalue weighted by molar-refractivity contribution is -0.116. The summed E-state index contributed by atoms with van der Waals surface area (Å²) in [6.07, 6.45) is 3.20. The molecule has 2 aromatic carbocycles. The van der Waals surface area contributed by atoms with Crippen LogP contribution in [0.2, 0.25) is 0 Å². The Morgan fingerprint density at radius 2 is 1.93 bits per heavy atom.